The summed E-state index contributed by atoms with van der Waals surface area (Å²) in [6, 6.07) is 28.9. The van der Waals surface area contributed by atoms with Crippen LogP contribution < -0.4 is 0 Å². The second-order valence-corrected chi connectivity index (χ2v) is 9.73. The quantitative estimate of drug-likeness (QED) is 0.311. The molecule has 0 amide bonds. The number of aromatic nitrogens is 2. The van der Waals surface area contributed by atoms with Crippen molar-refractivity contribution < 1.29 is 14.6 Å². The highest BCUT2D eigenvalue weighted by atomic mass is 16.5. The van der Waals surface area contributed by atoms with E-state index in [4.69, 9.17) is 9.72 Å². The third-order valence-corrected chi connectivity index (χ3v) is 7.40. The van der Waals surface area contributed by atoms with Crippen LogP contribution >= 0.6 is 0 Å². The number of hydrogen-bond donors (Lipinski definition) is 1. The average Bonchev–Trinajstić information content (AvgIpc) is 3.38. The van der Waals surface area contributed by atoms with Gasteiger partial charge in [0.1, 0.15) is 11.7 Å². The Balaban J connectivity index is 1.26. The van der Waals surface area contributed by atoms with Crippen molar-refractivity contribution in [2.24, 2.45) is 0 Å². The molecule has 1 N–H and O–H groups in total. The van der Waals surface area contributed by atoms with Crippen molar-refractivity contribution in [3.63, 3.8) is 0 Å². The molecule has 0 aliphatic carbocycles. The maximum atomic E-state index is 11.6. The van der Waals surface area contributed by atoms with E-state index in [0.29, 0.717) is 19.7 Å². The summed E-state index contributed by atoms with van der Waals surface area (Å²) in [6.07, 6.45) is 3.99. The van der Waals surface area contributed by atoms with Crippen LogP contribution in [0.1, 0.15) is 11.1 Å². The van der Waals surface area contributed by atoms with Crippen molar-refractivity contribution >= 4 is 11.6 Å². The van der Waals surface area contributed by atoms with Gasteiger partial charge in [-0.25, -0.2) is 4.98 Å². The predicted molar refractivity (Wildman–Crippen MR) is 149 cm³/mol. The summed E-state index contributed by atoms with van der Waals surface area (Å²) in [7, 11) is 0. The summed E-state index contributed by atoms with van der Waals surface area (Å²) in [4.78, 5) is 18.2. The lowest BCUT2D eigenvalue weighted by atomic mass is 9.93. The molecule has 1 fully saturated rings. The van der Waals surface area contributed by atoms with Crippen LogP contribution in [0.3, 0.4) is 0 Å². The number of fused-ring (bicyclic) bond motifs is 1. The molecule has 6 rings (SSSR count). The fourth-order valence-corrected chi connectivity index (χ4v) is 5.31. The largest absolute Gasteiger partial charge is 0.480 e. The van der Waals surface area contributed by atoms with E-state index in [1.165, 1.54) is 22.3 Å². The number of benzene rings is 3. The Hall–Kier alpha value is -4.26. The molecular weight excluding hydrogens is 474 g/mol. The zero-order chi connectivity index (χ0) is 26.1. The van der Waals surface area contributed by atoms with Crippen molar-refractivity contribution in [1.29, 1.82) is 0 Å². The highest BCUT2D eigenvalue weighted by Gasteiger charge is 2.29. The first-order valence-corrected chi connectivity index (χ1v) is 12.8. The number of hydrogen-bond acceptors (Lipinski definition) is 4. The molecule has 5 aromatic rings. The Labute approximate surface area is 221 Å². The first-order valence-electron chi connectivity index (χ1n) is 12.8. The smallest absolute Gasteiger partial charge is 0.323 e. The first-order chi connectivity index (χ1) is 18.6. The van der Waals surface area contributed by atoms with Crippen LogP contribution in [0.25, 0.3) is 39.2 Å². The molecule has 3 aromatic carbocycles. The molecule has 2 aromatic heterocycles. The molecule has 1 unspecified atom stereocenters. The molecule has 0 spiro atoms. The van der Waals surface area contributed by atoms with Gasteiger partial charge in [0.25, 0.3) is 0 Å². The molecule has 1 aliphatic heterocycles. The summed E-state index contributed by atoms with van der Waals surface area (Å²) in [5, 5.41) is 9.50. The number of carbonyl (C=O) groups is 1. The van der Waals surface area contributed by atoms with Gasteiger partial charge in [-0.15, -0.1) is 0 Å². The number of morpholine rings is 1. The molecule has 3 heterocycles. The maximum absolute atomic E-state index is 11.6. The van der Waals surface area contributed by atoms with E-state index in [9.17, 15) is 9.90 Å². The van der Waals surface area contributed by atoms with Crippen LogP contribution in [-0.4, -0.2) is 51.2 Å². The fourth-order valence-electron chi connectivity index (χ4n) is 5.31. The Morgan fingerprint density at radius 2 is 1.71 bits per heavy atom. The van der Waals surface area contributed by atoms with Crippen LogP contribution in [0.5, 0.6) is 0 Å². The molecule has 1 aliphatic rings. The SMILES string of the molecule is Cc1c(-c2ccccc2)cccc1-c1ccn2c(-c3ccc(CN4CCOCC4C(=O)O)cc3)cnc2c1. The Morgan fingerprint density at radius 1 is 0.947 bits per heavy atom. The van der Waals surface area contributed by atoms with Gasteiger partial charge in [0.2, 0.25) is 0 Å². The van der Waals surface area contributed by atoms with E-state index in [2.05, 4.69) is 96.4 Å². The van der Waals surface area contributed by atoms with Gasteiger partial charge in [0.05, 0.1) is 25.1 Å². The Kier molecular flexibility index (Phi) is 6.50. The number of imidazole rings is 1. The van der Waals surface area contributed by atoms with E-state index in [1.54, 1.807) is 0 Å². The van der Waals surface area contributed by atoms with Gasteiger partial charge in [-0.2, -0.15) is 0 Å². The third kappa shape index (κ3) is 4.60. The van der Waals surface area contributed by atoms with Crippen LogP contribution in [0, 0.1) is 6.92 Å². The van der Waals surface area contributed by atoms with Gasteiger partial charge in [-0.1, -0.05) is 72.8 Å². The minimum absolute atomic E-state index is 0.229. The molecule has 6 nitrogen and oxygen atoms in total. The predicted octanol–water partition coefficient (Wildman–Crippen LogP) is 5.93. The highest BCUT2D eigenvalue weighted by molar-refractivity contribution is 5.80. The molecule has 190 valence electrons. The van der Waals surface area contributed by atoms with Crippen molar-refractivity contribution in [2.45, 2.75) is 19.5 Å². The van der Waals surface area contributed by atoms with Gasteiger partial charge in [0.15, 0.2) is 0 Å². The summed E-state index contributed by atoms with van der Waals surface area (Å²) in [6.45, 7) is 4.16. The zero-order valence-electron chi connectivity index (χ0n) is 21.2. The lowest BCUT2D eigenvalue weighted by Gasteiger charge is -2.32. The second kappa shape index (κ2) is 10.2. The van der Waals surface area contributed by atoms with Gasteiger partial charge in [-0.05, 0) is 52.4 Å². The monoisotopic (exact) mass is 503 g/mol. The number of carboxylic acids is 1. The number of nitrogens with zero attached hydrogens (tertiary/aromatic N) is 3. The minimum Gasteiger partial charge on any atom is -0.480 e. The normalized spacial score (nSPS) is 16.1. The van der Waals surface area contributed by atoms with Crippen molar-refractivity contribution in [3.8, 4) is 33.5 Å². The maximum Gasteiger partial charge on any atom is 0.323 e. The number of aliphatic carboxylic acids is 1. The fraction of sp³-hybridized carbons (Fsp3) is 0.188. The van der Waals surface area contributed by atoms with Gasteiger partial charge >= 0.3 is 5.97 Å². The average molecular weight is 504 g/mol. The first kappa shape index (κ1) is 24.1. The van der Waals surface area contributed by atoms with Gasteiger partial charge < -0.3 is 9.84 Å². The molecular formula is C32H29N3O3. The van der Waals surface area contributed by atoms with E-state index in [0.717, 1.165) is 28.0 Å². The second-order valence-electron chi connectivity index (χ2n) is 9.73. The molecule has 0 radical (unpaired) electrons. The highest BCUT2D eigenvalue weighted by Crippen LogP contribution is 2.33. The van der Waals surface area contributed by atoms with Crippen LogP contribution in [0.4, 0.5) is 0 Å². The molecule has 38 heavy (non-hydrogen) atoms. The lowest BCUT2D eigenvalue weighted by Crippen LogP contribution is -2.49. The molecule has 6 heteroatoms. The van der Waals surface area contributed by atoms with Gasteiger partial charge in [0, 0.05) is 24.8 Å². The van der Waals surface area contributed by atoms with E-state index in [-0.39, 0.29) is 6.61 Å². The molecule has 1 atom stereocenters. The third-order valence-electron chi connectivity index (χ3n) is 7.40. The molecule has 0 saturated carbocycles. The Morgan fingerprint density at radius 3 is 2.47 bits per heavy atom. The van der Waals surface area contributed by atoms with Crippen molar-refractivity contribution in [2.75, 3.05) is 19.8 Å². The topological polar surface area (TPSA) is 67.1 Å². The Bertz CT molecular complexity index is 1590. The zero-order valence-corrected chi connectivity index (χ0v) is 21.2. The number of ether oxygens (including phenoxy) is 1. The molecule has 0 bridgehead atoms. The van der Waals surface area contributed by atoms with Crippen molar-refractivity contribution in [3.05, 3.63) is 108 Å². The summed E-state index contributed by atoms with van der Waals surface area (Å²) in [5.74, 6) is -0.839. The van der Waals surface area contributed by atoms with Crippen LogP contribution in [-0.2, 0) is 16.1 Å². The lowest BCUT2D eigenvalue weighted by molar-refractivity contribution is -0.150. The minimum atomic E-state index is -0.839. The number of pyridine rings is 1. The van der Waals surface area contributed by atoms with Crippen LogP contribution in [0.15, 0.2) is 97.3 Å². The number of carboxylic acid groups (broad SMARTS) is 1. The summed E-state index contributed by atoms with van der Waals surface area (Å²) < 4.78 is 7.47. The van der Waals surface area contributed by atoms with Gasteiger partial charge in [-0.3, -0.25) is 14.1 Å². The van der Waals surface area contributed by atoms with E-state index >= 15 is 0 Å². The van der Waals surface area contributed by atoms with E-state index < -0.39 is 12.0 Å². The van der Waals surface area contributed by atoms with Crippen LogP contribution in [0.2, 0.25) is 0 Å². The van der Waals surface area contributed by atoms with E-state index in [1.807, 2.05) is 17.2 Å². The molecule has 1 saturated heterocycles. The summed E-state index contributed by atoms with van der Waals surface area (Å²) in [5.41, 5.74) is 10.1. The standard InChI is InChI=1S/C32H29N3O3/c1-22-27(24-6-3-2-4-7-24)8-5-9-28(22)26-14-15-35-29(19-33-31(35)18-26)25-12-10-23(11-13-25)20-34-16-17-38-21-30(34)32(36)37/h2-15,18-19,30H,16-17,20-21H2,1H3,(H,36,37). The van der Waals surface area contributed by atoms with Crippen molar-refractivity contribution in [1.82, 2.24) is 14.3 Å². The number of rotatable bonds is 6. The summed E-state index contributed by atoms with van der Waals surface area (Å²) >= 11 is 0.